The summed E-state index contributed by atoms with van der Waals surface area (Å²) in [6.45, 7) is 0.239. The molecule has 98 valence electrons. The van der Waals surface area contributed by atoms with Crippen LogP contribution in [0.2, 0.25) is 0 Å². The van der Waals surface area contributed by atoms with Gasteiger partial charge in [-0.3, -0.25) is 4.98 Å². The van der Waals surface area contributed by atoms with E-state index in [0.717, 1.165) is 27.3 Å². The minimum Gasteiger partial charge on any atom is -0.481 e. The van der Waals surface area contributed by atoms with Crippen molar-refractivity contribution in [3.63, 3.8) is 0 Å². The molecule has 0 spiro atoms. The third kappa shape index (κ3) is 2.33. The van der Waals surface area contributed by atoms with Crippen LogP contribution in [-0.2, 0) is 0 Å². The Morgan fingerprint density at radius 2 is 2.25 bits per heavy atom. The van der Waals surface area contributed by atoms with Crippen LogP contribution in [0.1, 0.15) is 0 Å². The number of imidazole rings is 1. The maximum atomic E-state index is 5.36. The zero-order chi connectivity index (χ0) is 13.9. The Balaban J connectivity index is 1.99. The molecule has 0 amide bonds. The normalized spacial score (nSPS) is 10.4. The molecule has 1 N–H and O–H groups in total. The number of nitrogens with zero attached hydrogens (tertiary/aromatic N) is 2. The van der Waals surface area contributed by atoms with Gasteiger partial charge in [-0.25, -0.2) is 4.98 Å². The Kier molecular flexibility index (Phi) is 3.32. The lowest BCUT2D eigenvalue weighted by molar-refractivity contribution is 0.369. The highest BCUT2D eigenvalue weighted by Gasteiger charge is 2.09. The predicted octanol–water partition coefficient (Wildman–Crippen LogP) is 2.93. The molecule has 4 nitrogen and oxygen atoms in total. The minimum atomic E-state index is 0.239. The third-order valence-corrected chi connectivity index (χ3v) is 3.20. The molecule has 2 aromatic heterocycles. The summed E-state index contributed by atoms with van der Waals surface area (Å²) >= 11 is 4.48. The average Bonchev–Trinajstić information content (AvgIpc) is 2.88. The number of H-pyrrole nitrogens is 1. The smallest absolute Gasteiger partial charge is 0.148 e. The molecule has 2 heterocycles. The van der Waals surface area contributed by atoms with Crippen molar-refractivity contribution >= 4 is 23.7 Å². The van der Waals surface area contributed by atoms with Gasteiger partial charge in [0.2, 0.25) is 0 Å². The lowest BCUT2D eigenvalue weighted by atomic mass is 10.2. The molecular weight excluding hydrogens is 270 g/mol. The summed E-state index contributed by atoms with van der Waals surface area (Å²) in [5, 5.41) is 0. The van der Waals surface area contributed by atoms with Crippen LogP contribution < -0.4 is 4.74 Å². The van der Waals surface area contributed by atoms with Crippen LogP contribution in [0.5, 0.6) is 5.75 Å². The first kappa shape index (κ1) is 12.6. The summed E-state index contributed by atoms with van der Waals surface area (Å²) in [5.41, 5.74) is 2.66. The number of benzene rings is 1. The number of rotatable bonds is 3. The quantitative estimate of drug-likeness (QED) is 0.573. The molecule has 0 bridgehead atoms. The Bertz CT molecular complexity index is 771. The van der Waals surface area contributed by atoms with E-state index in [4.69, 9.17) is 11.2 Å². The molecule has 0 unspecified atom stereocenters. The number of thiol groups is 1. The second kappa shape index (κ2) is 5.27. The zero-order valence-electron chi connectivity index (χ0n) is 10.5. The van der Waals surface area contributed by atoms with E-state index >= 15 is 0 Å². The van der Waals surface area contributed by atoms with Crippen LogP contribution in [0.15, 0.2) is 41.6 Å². The van der Waals surface area contributed by atoms with E-state index in [9.17, 15) is 0 Å². The van der Waals surface area contributed by atoms with Crippen molar-refractivity contribution in [2.45, 2.75) is 4.90 Å². The summed E-state index contributed by atoms with van der Waals surface area (Å²) in [6.07, 6.45) is 8.61. The fourth-order valence-corrected chi connectivity index (χ4v) is 2.22. The van der Waals surface area contributed by atoms with Crippen molar-refractivity contribution in [2.24, 2.45) is 0 Å². The number of hydrogen-bond donors (Lipinski definition) is 2. The van der Waals surface area contributed by atoms with Gasteiger partial charge >= 0.3 is 0 Å². The Morgan fingerprint density at radius 1 is 1.35 bits per heavy atom. The molecule has 0 aliphatic carbocycles. The number of fused-ring (bicyclic) bond motifs is 1. The number of nitrogens with one attached hydrogen (secondary N) is 1. The Labute approximate surface area is 121 Å². The molecule has 0 saturated heterocycles. The van der Waals surface area contributed by atoms with Crippen LogP contribution >= 0.6 is 12.6 Å². The van der Waals surface area contributed by atoms with E-state index < -0.39 is 0 Å². The first-order valence-electron chi connectivity index (χ1n) is 5.97. The molecule has 0 radical (unpaired) electrons. The molecule has 3 rings (SSSR count). The molecule has 20 heavy (non-hydrogen) atoms. The Hall–Kier alpha value is -2.45. The fraction of sp³-hybridized carbons (Fsp3) is 0.0667. The van der Waals surface area contributed by atoms with Crippen molar-refractivity contribution in [3.05, 3.63) is 36.7 Å². The van der Waals surface area contributed by atoms with Crippen LogP contribution in [0.4, 0.5) is 0 Å². The number of aromatic amines is 1. The van der Waals surface area contributed by atoms with E-state index in [-0.39, 0.29) is 6.61 Å². The van der Waals surface area contributed by atoms with Crippen LogP contribution in [0.3, 0.4) is 0 Å². The monoisotopic (exact) mass is 281 g/mol. The average molecular weight is 281 g/mol. The molecule has 0 saturated carbocycles. The van der Waals surface area contributed by atoms with Gasteiger partial charge in [0.15, 0.2) is 0 Å². The number of ether oxygens (including phenoxy) is 1. The third-order valence-electron chi connectivity index (χ3n) is 2.83. The summed E-state index contributed by atoms with van der Waals surface area (Å²) in [4.78, 5) is 12.6. The molecular formula is C15H11N3OS. The zero-order valence-corrected chi connectivity index (χ0v) is 11.4. The number of terminal acetylenes is 1. The van der Waals surface area contributed by atoms with Crippen molar-refractivity contribution in [2.75, 3.05) is 6.61 Å². The van der Waals surface area contributed by atoms with Crippen molar-refractivity contribution in [1.82, 2.24) is 15.0 Å². The molecule has 0 aliphatic heterocycles. The standard InChI is InChI=1S/C15H11N3OS/c1-2-7-19-10-3-4-11(14(20)8-10)15-17-12-5-6-16-9-13(12)18-15/h1,3-6,8-9,20H,7H2,(H,17,18). The van der Waals surface area contributed by atoms with Crippen molar-refractivity contribution < 1.29 is 4.74 Å². The van der Waals surface area contributed by atoms with Gasteiger partial charge in [0.25, 0.3) is 0 Å². The number of hydrogen-bond acceptors (Lipinski definition) is 4. The van der Waals surface area contributed by atoms with Gasteiger partial charge in [-0.15, -0.1) is 19.1 Å². The molecule has 0 fully saturated rings. The first-order chi connectivity index (χ1) is 9.78. The van der Waals surface area contributed by atoms with Gasteiger partial charge in [-0.2, -0.15) is 0 Å². The summed E-state index contributed by atoms with van der Waals surface area (Å²) in [5.74, 6) is 3.87. The number of pyridine rings is 1. The second-order valence-corrected chi connectivity index (χ2v) is 4.63. The highest BCUT2D eigenvalue weighted by Crippen LogP contribution is 2.29. The maximum absolute atomic E-state index is 5.36. The lowest BCUT2D eigenvalue weighted by Gasteiger charge is -2.06. The Morgan fingerprint density at radius 3 is 3.00 bits per heavy atom. The van der Waals surface area contributed by atoms with Crippen LogP contribution in [0.25, 0.3) is 22.4 Å². The van der Waals surface area contributed by atoms with Gasteiger partial charge in [0.1, 0.15) is 23.7 Å². The summed E-state index contributed by atoms with van der Waals surface area (Å²) in [7, 11) is 0. The van der Waals surface area contributed by atoms with Gasteiger partial charge < -0.3 is 9.72 Å². The largest absolute Gasteiger partial charge is 0.481 e. The van der Waals surface area contributed by atoms with Gasteiger partial charge in [0, 0.05) is 16.7 Å². The SMILES string of the molecule is C#CCOc1ccc(-c2nc3cnccc3[nH]2)c(S)c1. The molecule has 0 atom stereocenters. The highest BCUT2D eigenvalue weighted by atomic mass is 32.1. The maximum Gasteiger partial charge on any atom is 0.148 e. The van der Waals surface area contributed by atoms with Gasteiger partial charge in [-0.05, 0) is 24.3 Å². The van der Waals surface area contributed by atoms with Gasteiger partial charge in [-0.1, -0.05) is 5.92 Å². The predicted molar refractivity (Wildman–Crippen MR) is 80.9 cm³/mol. The topological polar surface area (TPSA) is 50.8 Å². The van der Waals surface area contributed by atoms with Crippen LogP contribution in [0, 0.1) is 12.3 Å². The molecule has 1 aromatic carbocycles. The number of aromatic nitrogens is 3. The van der Waals surface area contributed by atoms with Gasteiger partial charge in [0.05, 0.1) is 11.7 Å². The second-order valence-electron chi connectivity index (χ2n) is 4.15. The summed E-state index contributed by atoms with van der Waals surface area (Å²) in [6, 6.07) is 7.45. The highest BCUT2D eigenvalue weighted by molar-refractivity contribution is 7.80. The molecule has 0 aliphatic rings. The van der Waals surface area contributed by atoms with E-state index in [0.29, 0.717) is 5.75 Å². The van der Waals surface area contributed by atoms with E-state index in [1.54, 1.807) is 12.4 Å². The van der Waals surface area contributed by atoms with E-state index in [1.807, 2.05) is 24.3 Å². The van der Waals surface area contributed by atoms with Crippen molar-refractivity contribution in [1.29, 1.82) is 0 Å². The van der Waals surface area contributed by atoms with E-state index in [1.165, 1.54) is 0 Å². The van der Waals surface area contributed by atoms with Crippen LogP contribution in [-0.4, -0.2) is 21.6 Å². The molecule has 3 aromatic rings. The summed E-state index contributed by atoms with van der Waals surface area (Å²) < 4.78 is 5.36. The van der Waals surface area contributed by atoms with Crippen molar-refractivity contribution in [3.8, 4) is 29.5 Å². The fourth-order valence-electron chi connectivity index (χ4n) is 1.91. The lowest BCUT2D eigenvalue weighted by Crippen LogP contribution is -1.93. The molecule has 5 heteroatoms. The first-order valence-corrected chi connectivity index (χ1v) is 6.42. The van der Waals surface area contributed by atoms with E-state index in [2.05, 4.69) is 33.5 Å². The minimum absolute atomic E-state index is 0.239.